The van der Waals surface area contributed by atoms with Gasteiger partial charge in [0.25, 0.3) is 0 Å². The highest BCUT2D eigenvalue weighted by atomic mass is 16.2. The maximum atomic E-state index is 10.4. The van der Waals surface area contributed by atoms with E-state index in [9.17, 15) is 9.59 Å². The van der Waals surface area contributed by atoms with E-state index in [0.717, 1.165) is 4.90 Å². The van der Waals surface area contributed by atoms with Crippen molar-refractivity contribution in [3.05, 3.63) is 0 Å². The molecular weight excluding hydrogens is 134 g/mol. The molecule has 0 aliphatic carbocycles. The molecule has 0 heterocycles. The molecule has 0 saturated carbocycles. The molecule has 58 valence electrons. The molecule has 1 atom stereocenters. The first kappa shape index (κ1) is 8.74. The van der Waals surface area contributed by atoms with Crippen molar-refractivity contribution in [3.63, 3.8) is 0 Å². The van der Waals surface area contributed by atoms with Crippen molar-refractivity contribution >= 4 is 11.9 Å². The zero-order valence-electron chi connectivity index (χ0n) is 6.00. The van der Waals surface area contributed by atoms with Crippen LogP contribution >= 0.6 is 0 Å². The van der Waals surface area contributed by atoms with Crippen molar-refractivity contribution in [1.29, 1.82) is 0 Å². The molecule has 0 aliphatic rings. The lowest BCUT2D eigenvalue weighted by molar-refractivity contribution is -0.121. The molecule has 0 bridgehead atoms. The molecule has 0 radical (unpaired) electrons. The molecule has 0 rings (SSSR count). The smallest absolute Gasteiger partial charge is 0.315 e. The lowest BCUT2D eigenvalue weighted by atomic mass is 10.3. The van der Waals surface area contributed by atoms with Crippen LogP contribution in [-0.4, -0.2) is 29.9 Å². The SMILES string of the molecule is CC(C(N)=O)N(C)C(N)=O. The Labute approximate surface area is 59.0 Å². The van der Waals surface area contributed by atoms with E-state index in [1.54, 1.807) is 0 Å². The van der Waals surface area contributed by atoms with Gasteiger partial charge in [0.05, 0.1) is 0 Å². The van der Waals surface area contributed by atoms with Crippen molar-refractivity contribution in [3.8, 4) is 0 Å². The summed E-state index contributed by atoms with van der Waals surface area (Å²) in [6.45, 7) is 1.51. The maximum absolute atomic E-state index is 10.4. The molecular formula is C5H11N3O2. The number of carbonyl (C=O) groups is 2. The third kappa shape index (κ3) is 1.93. The maximum Gasteiger partial charge on any atom is 0.315 e. The molecule has 0 saturated heterocycles. The molecule has 5 heteroatoms. The summed E-state index contributed by atoms with van der Waals surface area (Å²) in [7, 11) is 1.41. The van der Waals surface area contributed by atoms with Crippen LogP contribution in [-0.2, 0) is 4.79 Å². The topological polar surface area (TPSA) is 89.4 Å². The summed E-state index contributed by atoms with van der Waals surface area (Å²) in [4.78, 5) is 21.9. The summed E-state index contributed by atoms with van der Waals surface area (Å²) in [5, 5.41) is 0. The Kier molecular flexibility index (Phi) is 2.66. The molecule has 0 aromatic rings. The van der Waals surface area contributed by atoms with Gasteiger partial charge in [-0.3, -0.25) is 4.79 Å². The number of likely N-dealkylation sites (N-methyl/N-ethyl adjacent to an activating group) is 1. The molecule has 4 N–H and O–H groups in total. The Hall–Kier alpha value is -1.26. The summed E-state index contributed by atoms with van der Waals surface area (Å²) in [6, 6.07) is -1.30. The fourth-order valence-electron chi connectivity index (χ4n) is 0.382. The lowest BCUT2D eigenvalue weighted by Gasteiger charge is -2.19. The number of hydrogen-bond acceptors (Lipinski definition) is 2. The summed E-state index contributed by atoms with van der Waals surface area (Å²) in [5.74, 6) is -0.568. The third-order valence-electron chi connectivity index (χ3n) is 1.34. The van der Waals surface area contributed by atoms with Crippen LogP contribution in [0.25, 0.3) is 0 Å². The second-order valence-electron chi connectivity index (χ2n) is 2.03. The van der Waals surface area contributed by atoms with Crippen molar-refractivity contribution < 1.29 is 9.59 Å². The zero-order chi connectivity index (χ0) is 8.31. The second kappa shape index (κ2) is 3.05. The van der Waals surface area contributed by atoms with Gasteiger partial charge in [-0.25, -0.2) is 4.79 Å². The number of nitrogens with zero attached hydrogens (tertiary/aromatic N) is 1. The molecule has 0 fully saturated rings. The van der Waals surface area contributed by atoms with Crippen molar-refractivity contribution in [2.45, 2.75) is 13.0 Å². The number of carbonyl (C=O) groups excluding carboxylic acids is 2. The predicted octanol–water partition coefficient (Wildman–Crippen LogP) is -1.13. The minimum Gasteiger partial charge on any atom is -0.368 e. The fourth-order valence-corrected chi connectivity index (χ4v) is 0.382. The first-order valence-electron chi connectivity index (χ1n) is 2.78. The molecule has 1 unspecified atom stereocenters. The number of amides is 3. The Balaban J connectivity index is 4.07. The fraction of sp³-hybridized carbons (Fsp3) is 0.600. The number of primary amides is 2. The van der Waals surface area contributed by atoms with E-state index >= 15 is 0 Å². The van der Waals surface area contributed by atoms with E-state index in [1.807, 2.05) is 0 Å². The summed E-state index contributed by atoms with van der Waals surface area (Å²) in [6.07, 6.45) is 0. The van der Waals surface area contributed by atoms with E-state index in [0.29, 0.717) is 0 Å². The van der Waals surface area contributed by atoms with Crippen LogP contribution in [0.5, 0.6) is 0 Å². The van der Waals surface area contributed by atoms with Crippen LogP contribution in [0.4, 0.5) is 4.79 Å². The highest BCUT2D eigenvalue weighted by Crippen LogP contribution is 1.91. The molecule has 0 spiro atoms. The van der Waals surface area contributed by atoms with Crippen LogP contribution < -0.4 is 11.5 Å². The Morgan fingerprint density at radius 1 is 1.40 bits per heavy atom. The molecule has 0 aromatic carbocycles. The van der Waals surface area contributed by atoms with Gasteiger partial charge >= 0.3 is 6.03 Å². The normalized spacial score (nSPS) is 12.2. The van der Waals surface area contributed by atoms with Crippen LogP contribution in [0.3, 0.4) is 0 Å². The minimum atomic E-state index is -0.661. The highest BCUT2D eigenvalue weighted by molar-refractivity contribution is 5.84. The molecule has 5 nitrogen and oxygen atoms in total. The van der Waals surface area contributed by atoms with Gasteiger partial charge in [0.15, 0.2) is 0 Å². The number of hydrogen-bond donors (Lipinski definition) is 2. The van der Waals surface area contributed by atoms with Gasteiger partial charge in [-0.1, -0.05) is 0 Å². The minimum absolute atomic E-state index is 0.568. The standard InChI is InChI=1S/C5H11N3O2/c1-3(4(6)9)8(2)5(7)10/h3H,1-2H3,(H2,6,9)(H2,7,10). The molecule has 10 heavy (non-hydrogen) atoms. The Bertz CT molecular complexity index is 139. The average Bonchev–Trinajstić information content (AvgIpc) is 1.84. The average molecular weight is 145 g/mol. The van der Waals surface area contributed by atoms with E-state index in [4.69, 9.17) is 11.5 Å². The van der Waals surface area contributed by atoms with Crippen LogP contribution in [0.1, 0.15) is 6.92 Å². The van der Waals surface area contributed by atoms with Crippen LogP contribution in [0.2, 0.25) is 0 Å². The van der Waals surface area contributed by atoms with E-state index in [1.165, 1.54) is 14.0 Å². The van der Waals surface area contributed by atoms with E-state index in [-0.39, 0.29) is 0 Å². The Morgan fingerprint density at radius 3 is 1.90 bits per heavy atom. The van der Waals surface area contributed by atoms with Gasteiger partial charge in [-0.05, 0) is 6.92 Å². The van der Waals surface area contributed by atoms with Gasteiger partial charge in [-0.2, -0.15) is 0 Å². The first-order chi connectivity index (χ1) is 4.46. The van der Waals surface area contributed by atoms with E-state index < -0.39 is 18.0 Å². The van der Waals surface area contributed by atoms with Gasteiger partial charge in [0.2, 0.25) is 5.91 Å². The molecule has 3 amide bonds. The van der Waals surface area contributed by atoms with Gasteiger partial charge in [0.1, 0.15) is 6.04 Å². The quantitative estimate of drug-likeness (QED) is 0.515. The first-order valence-corrected chi connectivity index (χ1v) is 2.78. The van der Waals surface area contributed by atoms with Gasteiger partial charge in [0, 0.05) is 7.05 Å². The zero-order valence-corrected chi connectivity index (χ0v) is 6.00. The monoisotopic (exact) mass is 145 g/mol. The van der Waals surface area contributed by atoms with Crippen molar-refractivity contribution in [2.75, 3.05) is 7.05 Å². The van der Waals surface area contributed by atoms with Crippen molar-refractivity contribution in [2.24, 2.45) is 11.5 Å². The number of nitrogens with two attached hydrogens (primary N) is 2. The van der Waals surface area contributed by atoms with E-state index in [2.05, 4.69) is 0 Å². The second-order valence-corrected chi connectivity index (χ2v) is 2.03. The molecule has 0 aromatic heterocycles. The Morgan fingerprint density at radius 2 is 1.80 bits per heavy atom. The summed E-state index contributed by atoms with van der Waals surface area (Å²) in [5.41, 5.74) is 9.74. The summed E-state index contributed by atoms with van der Waals surface area (Å²) >= 11 is 0. The lowest BCUT2D eigenvalue weighted by Crippen LogP contribution is -2.45. The summed E-state index contributed by atoms with van der Waals surface area (Å²) < 4.78 is 0. The largest absolute Gasteiger partial charge is 0.368 e. The van der Waals surface area contributed by atoms with Crippen LogP contribution in [0.15, 0.2) is 0 Å². The third-order valence-corrected chi connectivity index (χ3v) is 1.34. The van der Waals surface area contributed by atoms with Crippen molar-refractivity contribution in [1.82, 2.24) is 4.90 Å². The number of urea groups is 1. The highest BCUT2D eigenvalue weighted by Gasteiger charge is 2.16. The van der Waals surface area contributed by atoms with Crippen LogP contribution in [0, 0.1) is 0 Å². The molecule has 0 aliphatic heterocycles. The van der Waals surface area contributed by atoms with Gasteiger partial charge in [-0.15, -0.1) is 0 Å². The van der Waals surface area contributed by atoms with Gasteiger partial charge < -0.3 is 16.4 Å². The number of rotatable bonds is 2. The predicted molar refractivity (Wildman–Crippen MR) is 36.0 cm³/mol.